The molecule has 0 amide bonds. The van der Waals surface area contributed by atoms with Gasteiger partial charge in [-0.1, -0.05) is 30.3 Å². The molecule has 2 rings (SSSR count). The number of benzene rings is 2. The van der Waals surface area contributed by atoms with E-state index in [1.165, 1.54) is 16.7 Å². The molecule has 2 aromatic carbocycles. The predicted octanol–water partition coefficient (Wildman–Crippen LogP) is 4.00. The van der Waals surface area contributed by atoms with E-state index in [2.05, 4.69) is 64.1 Å². The Morgan fingerprint density at radius 2 is 1.60 bits per heavy atom. The second kappa shape index (κ2) is 6.10. The summed E-state index contributed by atoms with van der Waals surface area (Å²) in [4.78, 5) is 0. The maximum absolute atomic E-state index is 6.22. The van der Waals surface area contributed by atoms with Crippen molar-refractivity contribution in [1.29, 1.82) is 0 Å². The molecule has 2 heteroatoms. The Hall–Kier alpha value is -1.80. The third-order valence-electron chi connectivity index (χ3n) is 3.72. The van der Waals surface area contributed by atoms with Crippen LogP contribution in [0, 0.1) is 27.7 Å². The van der Waals surface area contributed by atoms with Crippen molar-refractivity contribution < 1.29 is 4.74 Å². The van der Waals surface area contributed by atoms with Crippen LogP contribution in [0.5, 0.6) is 5.75 Å². The van der Waals surface area contributed by atoms with Crippen LogP contribution in [0.4, 0.5) is 0 Å². The quantitative estimate of drug-likeness (QED) is 0.910. The fourth-order valence-electron chi connectivity index (χ4n) is 2.13. The molecule has 106 valence electrons. The Morgan fingerprint density at radius 3 is 2.30 bits per heavy atom. The van der Waals surface area contributed by atoms with Gasteiger partial charge in [-0.2, -0.15) is 0 Å². The lowest BCUT2D eigenvalue weighted by atomic mass is 10.0. The molecule has 0 aromatic heterocycles. The molecule has 0 aliphatic heterocycles. The van der Waals surface area contributed by atoms with Crippen molar-refractivity contribution >= 4 is 0 Å². The maximum Gasteiger partial charge on any atom is 0.122 e. The van der Waals surface area contributed by atoms with E-state index in [0.717, 1.165) is 16.9 Å². The number of hydrogen-bond donors (Lipinski definition) is 1. The Balaban J connectivity index is 2.06. The van der Waals surface area contributed by atoms with Crippen molar-refractivity contribution in [2.24, 2.45) is 5.73 Å². The topological polar surface area (TPSA) is 35.2 Å². The first-order valence-electron chi connectivity index (χ1n) is 7.00. The lowest BCUT2D eigenvalue weighted by Crippen LogP contribution is -2.19. The molecule has 0 fully saturated rings. The van der Waals surface area contributed by atoms with E-state index < -0.39 is 0 Å². The summed E-state index contributed by atoms with van der Waals surface area (Å²) in [5.41, 5.74) is 12.2. The highest BCUT2D eigenvalue weighted by Gasteiger charge is 2.09. The third kappa shape index (κ3) is 3.40. The molecule has 2 nitrogen and oxygen atoms in total. The second-order valence-electron chi connectivity index (χ2n) is 5.53. The first kappa shape index (κ1) is 14.6. The Bertz CT molecular complexity index is 604. The molecule has 0 radical (unpaired) electrons. The van der Waals surface area contributed by atoms with Crippen molar-refractivity contribution in [3.05, 3.63) is 64.2 Å². The largest absolute Gasteiger partial charge is 0.491 e. The van der Waals surface area contributed by atoms with E-state index in [-0.39, 0.29) is 6.04 Å². The number of ether oxygens (including phenoxy) is 1. The van der Waals surface area contributed by atoms with Crippen LogP contribution in [-0.2, 0) is 0 Å². The zero-order chi connectivity index (χ0) is 14.7. The molecular weight excluding hydrogens is 246 g/mol. The van der Waals surface area contributed by atoms with Gasteiger partial charge in [-0.3, -0.25) is 0 Å². The van der Waals surface area contributed by atoms with Gasteiger partial charge in [-0.05, 0) is 61.6 Å². The van der Waals surface area contributed by atoms with Crippen molar-refractivity contribution in [2.45, 2.75) is 33.7 Å². The average molecular weight is 269 g/mol. The maximum atomic E-state index is 6.22. The molecule has 20 heavy (non-hydrogen) atoms. The van der Waals surface area contributed by atoms with Crippen LogP contribution in [0.3, 0.4) is 0 Å². The highest BCUT2D eigenvalue weighted by atomic mass is 16.5. The molecule has 0 spiro atoms. The SMILES string of the molecule is Cc1ccc(C)c(OCC(N)c2ccc(C)c(C)c2)c1. The van der Waals surface area contributed by atoms with E-state index in [1.54, 1.807) is 0 Å². The summed E-state index contributed by atoms with van der Waals surface area (Å²) in [6.07, 6.45) is 0. The van der Waals surface area contributed by atoms with Crippen molar-refractivity contribution in [1.82, 2.24) is 0 Å². The van der Waals surface area contributed by atoms with Gasteiger partial charge >= 0.3 is 0 Å². The fourth-order valence-corrected chi connectivity index (χ4v) is 2.13. The van der Waals surface area contributed by atoms with Crippen molar-refractivity contribution in [2.75, 3.05) is 6.61 Å². The molecule has 0 saturated heterocycles. The van der Waals surface area contributed by atoms with Crippen LogP contribution in [-0.4, -0.2) is 6.61 Å². The average Bonchev–Trinajstić information content (AvgIpc) is 2.42. The zero-order valence-electron chi connectivity index (χ0n) is 12.7. The van der Waals surface area contributed by atoms with Gasteiger partial charge in [-0.15, -0.1) is 0 Å². The van der Waals surface area contributed by atoms with Gasteiger partial charge in [0, 0.05) is 0 Å². The molecule has 0 bridgehead atoms. The highest BCUT2D eigenvalue weighted by Crippen LogP contribution is 2.21. The standard InChI is InChI=1S/C18H23NO/c1-12-5-6-14(3)18(9-12)20-11-17(19)16-8-7-13(2)15(4)10-16/h5-10,17H,11,19H2,1-4H3. The molecule has 2 N–H and O–H groups in total. The monoisotopic (exact) mass is 269 g/mol. The van der Waals surface area contributed by atoms with Crippen LogP contribution >= 0.6 is 0 Å². The van der Waals surface area contributed by atoms with Crippen LogP contribution in [0.15, 0.2) is 36.4 Å². The molecule has 0 aliphatic carbocycles. The molecule has 0 aliphatic rings. The van der Waals surface area contributed by atoms with Crippen molar-refractivity contribution in [3.63, 3.8) is 0 Å². The lowest BCUT2D eigenvalue weighted by molar-refractivity contribution is 0.288. The minimum absolute atomic E-state index is 0.103. The predicted molar refractivity (Wildman–Crippen MR) is 84.3 cm³/mol. The summed E-state index contributed by atoms with van der Waals surface area (Å²) < 4.78 is 5.88. The minimum atomic E-state index is -0.103. The first-order valence-corrected chi connectivity index (χ1v) is 7.00. The number of aryl methyl sites for hydroxylation is 4. The first-order chi connectivity index (χ1) is 9.47. The molecule has 2 aromatic rings. The minimum Gasteiger partial charge on any atom is -0.491 e. The van der Waals surface area contributed by atoms with E-state index in [4.69, 9.17) is 10.5 Å². The van der Waals surface area contributed by atoms with Gasteiger partial charge < -0.3 is 10.5 Å². The second-order valence-corrected chi connectivity index (χ2v) is 5.53. The van der Waals surface area contributed by atoms with Gasteiger partial charge in [0.1, 0.15) is 12.4 Å². The molecule has 1 unspecified atom stereocenters. The number of hydrogen-bond acceptors (Lipinski definition) is 2. The summed E-state index contributed by atoms with van der Waals surface area (Å²) in [6, 6.07) is 12.5. The Morgan fingerprint density at radius 1 is 0.900 bits per heavy atom. The van der Waals surface area contributed by atoms with E-state index in [0.29, 0.717) is 6.61 Å². The summed E-state index contributed by atoms with van der Waals surface area (Å²) >= 11 is 0. The van der Waals surface area contributed by atoms with Gasteiger partial charge in [-0.25, -0.2) is 0 Å². The fraction of sp³-hybridized carbons (Fsp3) is 0.333. The zero-order valence-corrected chi connectivity index (χ0v) is 12.7. The number of nitrogens with two attached hydrogens (primary N) is 1. The third-order valence-corrected chi connectivity index (χ3v) is 3.72. The molecule has 0 saturated carbocycles. The normalized spacial score (nSPS) is 12.2. The lowest BCUT2D eigenvalue weighted by Gasteiger charge is -2.16. The summed E-state index contributed by atoms with van der Waals surface area (Å²) in [6.45, 7) is 8.83. The van der Waals surface area contributed by atoms with Crippen LogP contribution in [0.2, 0.25) is 0 Å². The van der Waals surface area contributed by atoms with Crippen LogP contribution in [0.25, 0.3) is 0 Å². The summed E-state index contributed by atoms with van der Waals surface area (Å²) in [5, 5.41) is 0. The van der Waals surface area contributed by atoms with E-state index in [9.17, 15) is 0 Å². The highest BCUT2D eigenvalue weighted by molar-refractivity contribution is 5.36. The molecule has 1 atom stereocenters. The summed E-state index contributed by atoms with van der Waals surface area (Å²) in [5.74, 6) is 0.921. The number of rotatable bonds is 4. The van der Waals surface area contributed by atoms with E-state index in [1.807, 2.05) is 0 Å². The van der Waals surface area contributed by atoms with Gasteiger partial charge in [0.2, 0.25) is 0 Å². The van der Waals surface area contributed by atoms with Gasteiger partial charge in [0.15, 0.2) is 0 Å². The molecular formula is C18H23NO. The Kier molecular flexibility index (Phi) is 4.46. The van der Waals surface area contributed by atoms with Crippen LogP contribution in [0.1, 0.15) is 33.9 Å². The van der Waals surface area contributed by atoms with Crippen LogP contribution < -0.4 is 10.5 Å². The molecule has 0 heterocycles. The van der Waals surface area contributed by atoms with Gasteiger partial charge in [0.05, 0.1) is 6.04 Å². The Labute approximate surface area is 121 Å². The smallest absolute Gasteiger partial charge is 0.122 e. The summed E-state index contributed by atoms with van der Waals surface area (Å²) in [7, 11) is 0. The van der Waals surface area contributed by atoms with Gasteiger partial charge in [0.25, 0.3) is 0 Å². The van der Waals surface area contributed by atoms with E-state index >= 15 is 0 Å². The van der Waals surface area contributed by atoms with Crippen molar-refractivity contribution in [3.8, 4) is 5.75 Å².